The normalized spacial score (nSPS) is 12.4. The van der Waals surface area contributed by atoms with Gasteiger partial charge in [-0.1, -0.05) is 40.9 Å². The van der Waals surface area contributed by atoms with Crippen molar-refractivity contribution in [3.05, 3.63) is 38.7 Å². The predicted octanol–water partition coefficient (Wildman–Crippen LogP) is 5.05. The third kappa shape index (κ3) is 3.97. The predicted molar refractivity (Wildman–Crippen MR) is 59.6 cm³/mol. The van der Waals surface area contributed by atoms with E-state index in [4.69, 9.17) is 34.8 Å². The molecule has 0 aliphatic rings. The molecule has 0 saturated carbocycles. The summed E-state index contributed by atoms with van der Waals surface area (Å²) in [5.41, 5.74) is 0.113. The molecule has 0 nitrogen and oxygen atoms in total. The van der Waals surface area contributed by atoms with Gasteiger partial charge in [-0.15, -0.1) is 5.98 Å². The van der Waals surface area contributed by atoms with Gasteiger partial charge in [0.1, 0.15) is 0 Å². The smallest absolute Gasteiger partial charge is 0.445 e. The van der Waals surface area contributed by atoms with Crippen molar-refractivity contribution < 1.29 is 12.9 Å². The van der Waals surface area contributed by atoms with Gasteiger partial charge < -0.3 is 12.9 Å². The Kier molecular flexibility index (Phi) is 3.98. The SMILES string of the molecule is F[B-](F)(F)/C=C/c1c(Cl)cc(Cl)cc1Cl. The lowest BCUT2D eigenvalue weighted by molar-refractivity contribution is 0.499. The maximum Gasteiger partial charge on any atom is 0.502 e. The zero-order chi connectivity index (χ0) is 11.6. The molecule has 0 saturated heterocycles. The van der Waals surface area contributed by atoms with Crippen molar-refractivity contribution in [1.29, 1.82) is 0 Å². The molecule has 0 aliphatic heterocycles. The lowest BCUT2D eigenvalue weighted by atomic mass is 9.90. The van der Waals surface area contributed by atoms with Gasteiger partial charge in [-0.05, 0) is 12.1 Å². The Balaban J connectivity index is 3.11. The van der Waals surface area contributed by atoms with Gasteiger partial charge in [-0.25, -0.2) is 0 Å². The van der Waals surface area contributed by atoms with Gasteiger partial charge in [-0.2, -0.15) is 0 Å². The zero-order valence-electron chi connectivity index (χ0n) is 7.15. The summed E-state index contributed by atoms with van der Waals surface area (Å²) in [6.45, 7) is -5.00. The van der Waals surface area contributed by atoms with E-state index in [1.165, 1.54) is 12.1 Å². The maximum absolute atomic E-state index is 11.9. The first-order valence-corrected chi connectivity index (χ1v) is 4.97. The fraction of sp³-hybridized carbons (Fsp3) is 0. The first-order valence-electron chi connectivity index (χ1n) is 3.83. The summed E-state index contributed by atoms with van der Waals surface area (Å²) >= 11 is 17.0. The molecule has 0 spiro atoms. The van der Waals surface area contributed by atoms with Crippen LogP contribution in [0.4, 0.5) is 12.9 Å². The second-order valence-electron chi connectivity index (χ2n) is 2.77. The standard InChI is InChI=1S/C8H4BCl3F3/c10-5-3-7(11)6(8(12)4-5)1-2-9(13,14)15/h1-4H/q-1/b2-1+. The van der Waals surface area contributed by atoms with E-state index < -0.39 is 6.98 Å². The van der Waals surface area contributed by atoms with Gasteiger partial charge in [0.2, 0.25) is 0 Å². The fourth-order valence-electron chi connectivity index (χ4n) is 0.918. The van der Waals surface area contributed by atoms with Gasteiger partial charge in [0.15, 0.2) is 0 Å². The van der Waals surface area contributed by atoms with Crippen LogP contribution < -0.4 is 0 Å². The lowest BCUT2D eigenvalue weighted by Crippen LogP contribution is -2.09. The quantitative estimate of drug-likeness (QED) is 0.662. The van der Waals surface area contributed by atoms with Crippen LogP contribution >= 0.6 is 34.8 Å². The topological polar surface area (TPSA) is 0 Å². The number of rotatable bonds is 2. The number of hydrogen-bond acceptors (Lipinski definition) is 0. The molecule has 82 valence electrons. The van der Waals surface area contributed by atoms with Crippen LogP contribution in [0, 0.1) is 0 Å². The molecule has 15 heavy (non-hydrogen) atoms. The molecule has 0 N–H and O–H groups in total. The summed E-state index contributed by atoms with van der Waals surface area (Å²) in [4.78, 5) is 0. The van der Waals surface area contributed by atoms with Crippen LogP contribution in [0.25, 0.3) is 6.08 Å². The summed E-state index contributed by atoms with van der Waals surface area (Å²) in [5.74, 6) is 0.126. The van der Waals surface area contributed by atoms with Crippen molar-refractivity contribution in [3.63, 3.8) is 0 Å². The van der Waals surface area contributed by atoms with E-state index in [9.17, 15) is 12.9 Å². The highest BCUT2D eigenvalue weighted by Gasteiger charge is 2.17. The van der Waals surface area contributed by atoms with Crippen molar-refractivity contribution in [2.24, 2.45) is 0 Å². The molecule has 0 unspecified atom stereocenters. The van der Waals surface area contributed by atoms with E-state index in [0.717, 1.165) is 6.08 Å². The van der Waals surface area contributed by atoms with E-state index in [-0.39, 0.29) is 26.6 Å². The van der Waals surface area contributed by atoms with Crippen molar-refractivity contribution in [3.8, 4) is 0 Å². The summed E-state index contributed by atoms with van der Waals surface area (Å²) in [5, 5.41) is 0.451. The summed E-state index contributed by atoms with van der Waals surface area (Å²) in [6.07, 6.45) is 0.834. The third-order valence-electron chi connectivity index (χ3n) is 1.52. The van der Waals surface area contributed by atoms with Crippen LogP contribution in [0.15, 0.2) is 18.1 Å². The van der Waals surface area contributed by atoms with E-state index in [0.29, 0.717) is 0 Å². The van der Waals surface area contributed by atoms with Crippen molar-refractivity contribution >= 4 is 47.9 Å². The first kappa shape index (κ1) is 12.8. The molecular formula is C8H4BCl3F3-. The van der Waals surface area contributed by atoms with Gasteiger partial charge in [-0.3, -0.25) is 0 Å². The molecule has 0 heterocycles. The molecule has 7 heteroatoms. The summed E-state index contributed by atoms with van der Waals surface area (Å²) in [7, 11) is 0. The van der Waals surface area contributed by atoms with Crippen molar-refractivity contribution in [1.82, 2.24) is 0 Å². The maximum atomic E-state index is 11.9. The minimum Gasteiger partial charge on any atom is -0.445 e. The lowest BCUT2D eigenvalue weighted by Gasteiger charge is -2.08. The minimum absolute atomic E-state index is 0.0869. The van der Waals surface area contributed by atoms with E-state index in [1.54, 1.807) is 0 Å². The molecule has 1 aromatic rings. The number of hydrogen-bond donors (Lipinski definition) is 0. The van der Waals surface area contributed by atoms with Crippen LogP contribution in [0.1, 0.15) is 5.56 Å². The minimum atomic E-state index is -5.00. The van der Waals surface area contributed by atoms with E-state index in [2.05, 4.69) is 0 Å². The third-order valence-corrected chi connectivity index (χ3v) is 2.37. The Morgan fingerprint density at radius 2 is 1.47 bits per heavy atom. The van der Waals surface area contributed by atoms with Crippen LogP contribution in [0.5, 0.6) is 0 Å². The molecule has 1 aromatic carbocycles. The van der Waals surface area contributed by atoms with E-state index in [1.807, 2.05) is 0 Å². The highest BCUT2D eigenvalue weighted by Crippen LogP contribution is 2.30. The Morgan fingerprint density at radius 3 is 1.87 bits per heavy atom. The van der Waals surface area contributed by atoms with Gasteiger partial charge in [0.25, 0.3) is 0 Å². The van der Waals surface area contributed by atoms with E-state index >= 15 is 0 Å². The van der Waals surface area contributed by atoms with Crippen LogP contribution in [-0.2, 0) is 0 Å². The molecule has 1 rings (SSSR count). The molecule has 0 atom stereocenters. The number of benzene rings is 1. The average molecular weight is 274 g/mol. The molecule has 0 aromatic heterocycles. The van der Waals surface area contributed by atoms with Gasteiger partial charge in [0, 0.05) is 10.6 Å². The summed E-state index contributed by atoms with van der Waals surface area (Å²) < 4.78 is 35.8. The van der Waals surface area contributed by atoms with Crippen molar-refractivity contribution in [2.75, 3.05) is 0 Å². The largest absolute Gasteiger partial charge is 0.502 e. The second kappa shape index (κ2) is 4.68. The van der Waals surface area contributed by atoms with Crippen LogP contribution in [0.2, 0.25) is 15.1 Å². The first-order chi connectivity index (χ1) is 6.79. The Morgan fingerprint density at radius 1 is 1.00 bits per heavy atom. The molecular weight excluding hydrogens is 270 g/mol. The zero-order valence-corrected chi connectivity index (χ0v) is 9.42. The van der Waals surface area contributed by atoms with Gasteiger partial charge >= 0.3 is 6.98 Å². The Hall–Kier alpha value is -0.315. The molecule has 0 fully saturated rings. The second-order valence-corrected chi connectivity index (χ2v) is 4.02. The van der Waals surface area contributed by atoms with Crippen LogP contribution in [-0.4, -0.2) is 6.98 Å². The molecule has 0 amide bonds. The summed E-state index contributed by atoms with van der Waals surface area (Å²) in [6, 6.07) is 2.66. The van der Waals surface area contributed by atoms with Crippen LogP contribution in [0.3, 0.4) is 0 Å². The Bertz CT molecular complexity index is 378. The monoisotopic (exact) mass is 273 g/mol. The van der Waals surface area contributed by atoms with Gasteiger partial charge in [0.05, 0.1) is 10.0 Å². The molecule has 0 radical (unpaired) electrons. The van der Waals surface area contributed by atoms with Crippen molar-refractivity contribution in [2.45, 2.75) is 0 Å². The average Bonchev–Trinajstić information content (AvgIpc) is 1.99. The number of halogens is 6. The highest BCUT2D eigenvalue weighted by atomic mass is 35.5. The molecule has 0 aliphatic carbocycles. The molecule has 0 bridgehead atoms. The fourth-order valence-corrected chi connectivity index (χ4v) is 1.86. The Labute approximate surface area is 99.7 Å². The highest BCUT2D eigenvalue weighted by molar-refractivity contribution is 6.65.